The van der Waals surface area contributed by atoms with Gasteiger partial charge in [0, 0.05) is 17.8 Å². The van der Waals surface area contributed by atoms with E-state index in [0.717, 1.165) is 0 Å². The lowest BCUT2D eigenvalue weighted by atomic mass is 9.92. The lowest BCUT2D eigenvalue weighted by molar-refractivity contribution is -0.529. The van der Waals surface area contributed by atoms with Gasteiger partial charge in [-0.3, -0.25) is 14.9 Å². The number of benzene rings is 1. The molecule has 0 saturated carbocycles. The normalized spacial score (nSPS) is 24.9. The molecule has 2 atom stereocenters. The minimum absolute atomic E-state index is 0.147. The molecule has 19 heavy (non-hydrogen) atoms. The molecule has 2 aliphatic heterocycles. The van der Waals surface area contributed by atoms with Crippen molar-refractivity contribution in [2.75, 3.05) is 6.79 Å². The second kappa shape index (κ2) is 4.42. The van der Waals surface area contributed by atoms with Crippen molar-refractivity contribution in [3.63, 3.8) is 0 Å². The molecule has 7 heteroatoms. The van der Waals surface area contributed by atoms with E-state index in [1.54, 1.807) is 18.2 Å². The Labute approximate surface area is 108 Å². The SMILES string of the molecule is O=C1CC[C@@H]([N+](=O)[O-])[C@@H](c2ccc3c(c2)OCO3)N1. The van der Waals surface area contributed by atoms with Crippen molar-refractivity contribution in [2.24, 2.45) is 0 Å². The lowest BCUT2D eigenvalue weighted by Crippen LogP contribution is -2.45. The first-order valence-corrected chi connectivity index (χ1v) is 5.97. The Morgan fingerprint density at radius 1 is 1.32 bits per heavy atom. The number of hydrogen-bond donors (Lipinski definition) is 1. The maximum absolute atomic E-state index is 11.5. The fourth-order valence-corrected chi connectivity index (χ4v) is 2.43. The van der Waals surface area contributed by atoms with Crippen LogP contribution >= 0.6 is 0 Å². The van der Waals surface area contributed by atoms with Gasteiger partial charge >= 0.3 is 0 Å². The summed E-state index contributed by atoms with van der Waals surface area (Å²) in [6.07, 6.45) is 0.435. The standard InChI is InChI=1S/C12H12N2O5/c15-11-4-2-8(14(16)17)12(13-11)7-1-3-9-10(5-7)19-6-18-9/h1,3,5,8,12H,2,4,6H2,(H,13,15)/t8-,12-/m1/s1. The number of ether oxygens (including phenoxy) is 2. The van der Waals surface area contributed by atoms with Gasteiger partial charge in [0.1, 0.15) is 6.04 Å². The van der Waals surface area contributed by atoms with Crippen molar-refractivity contribution in [1.29, 1.82) is 0 Å². The van der Waals surface area contributed by atoms with E-state index in [1.165, 1.54) is 0 Å². The monoisotopic (exact) mass is 264 g/mol. The Bertz CT molecular complexity index is 545. The molecule has 1 N–H and O–H groups in total. The second-order valence-corrected chi connectivity index (χ2v) is 4.55. The van der Waals surface area contributed by atoms with Crippen LogP contribution in [0.5, 0.6) is 11.5 Å². The topological polar surface area (TPSA) is 90.7 Å². The van der Waals surface area contributed by atoms with Crippen LogP contribution < -0.4 is 14.8 Å². The molecule has 3 rings (SSSR count). The van der Waals surface area contributed by atoms with Gasteiger partial charge in [0.25, 0.3) is 0 Å². The molecule has 1 fully saturated rings. The van der Waals surface area contributed by atoms with Crippen LogP contribution in [0.3, 0.4) is 0 Å². The van der Waals surface area contributed by atoms with Gasteiger partial charge in [-0.15, -0.1) is 0 Å². The molecule has 0 unspecified atom stereocenters. The van der Waals surface area contributed by atoms with Gasteiger partial charge in [0.15, 0.2) is 11.5 Å². The summed E-state index contributed by atoms with van der Waals surface area (Å²) in [7, 11) is 0. The number of nitro groups is 1. The van der Waals surface area contributed by atoms with Crippen molar-refractivity contribution in [1.82, 2.24) is 5.32 Å². The van der Waals surface area contributed by atoms with Gasteiger partial charge in [-0.2, -0.15) is 0 Å². The summed E-state index contributed by atoms with van der Waals surface area (Å²) in [4.78, 5) is 22.2. The molecule has 0 spiro atoms. The number of nitrogens with zero attached hydrogens (tertiary/aromatic N) is 1. The Hall–Kier alpha value is -2.31. The molecule has 2 heterocycles. The number of carbonyl (C=O) groups excluding carboxylic acids is 1. The van der Waals surface area contributed by atoms with Crippen LogP contribution in [0.25, 0.3) is 0 Å². The molecule has 1 amide bonds. The summed E-state index contributed by atoms with van der Waals surface area (Å²) in [6, 6.07) is 3.69. The summed E-state index contributed by atoms with van der Waals surface area (Å²) in [5.74, 6) is 1.00. The molecule has 100 valence electrons. The fraction of sp³-hybridized carbons (Fsp3) is 0.417. The van der Waals surface area contributed by atoms with Crippen LogP contribution in [0.15, 0.2) is 18.2 Å². The molecular weight excluding hydrogens is 252 g/mol. The van der Waals surface area contributed by atoms with E-state index < -0.39 is 12.1 Å². The van der Waals surface area contributed by atoms with Crippen molar-refractivity contribution in [2.45, 2.75) is 24.9 Å². The van der Waals surface area contributed by atoms with Crippen LogP contribution in [0.4, 0.5) is 0 Å². The summed E-state index contributed by atoms with van der Waals surface area (Å²) < 4.78 is 10.4. The molecule has 2 aliphatic rings. The Kier molecular flexibility index (Phi) is 2.73. The first kappa shape index (κ1) is 11.8. The molecular formula is C12H12N2O5. The zero-order valence-electron chi connectivity index (χ0n) is 10.00. The number of hydrogen-bond acceptors (Lipinski definition) is 5. The number of piperidine rings is 1. The highest BCUT2D eigenvalue weighted by atomic mass is 16.7. The van der Waals surface area contributed by atoms with Gasteiger partial charge in [0.2, 0.25) is 18.7 Å². The average Bonchev–Trinajstić information content (AvgIpc) is 2.85. The molecule has 7 nitrogen and oxygen atoms in total. The molecule has 0 aliphatic carbocycles. The van der Waals surface area contributed by atoms with Crippen LogP contribution in [0, 0.1) is 10.1 Å². The predicted octanol–water partition coefficient (Wildman–Crippen LogP) is 1.01. The highest BCUT2D eigenvalue weighted by molar-refractivity contribution is 5.77. The molecule has 1 saturated heterocycles. The van der Waals surface area contributed by atoms with Crippen molar-refractivity contribution in [3.05, 3.63) is 33.9 Å². The van der Waals surface area contributed by atoms with Gasteiger partial charge in [0.05, 0.1) is 0 Å². The quantitative estimate of drug-likeness (QED) is 0.636. The first-order chi connectivity index (χ1) is 9.15. The minimum atomic E-state index is -0.807. The highest BCUT2D eigenvalue weighted by Gasteiger charge is 2.38. The zero-order valence-corrected chi connectivity index (χ0v) is 10.00. The van der Waals surface area contributed by atoms with E-state index in [2.05, 4.69) is 5.32 Å². The number of rotatable bonds is 2. The van der Waals surface area contributed by atoms with E-state index in [9.17, 15) is 14.9 Å². The maximum Gasteiger partial charge on any atom is 0.237 e. The fourth-order valence-electron chi connectivity index (χ4n) is 2.43. The third kappa shape index (κ3) is 2.07. The van der Waals surface area contributed by atoms with E-state index in [-0.39, 0.29) is 30.5 Å². The molecule has 1 aromatic carbocycles. The highest BCUT2D eigenvalue weighted by Crippen LogP contribution is 2.36. The van der Waals surface area contributed by atoms with E-state index in [0.29, 0.717) is 17.1 Å². The summed E-state index contributed by atoms with van der Waals surface area (Å²) in [5.41, 5.74) is 0.666. The number of amides is 1. The van der Waals surface area contributed by atoms with Crippen LogP contribution in [-0.2, 0) is 4.79 Å². The third-order valence-corrected chi connectivity index (χ3v) is 3.39. The second-order valence-electron chi connectivity index (χ2n) is 4.55. The van der Waals surface area contributed by atoms with Gasteiger partial charge in [-0.05, 0) is 17.7 Å². The van der Waals surface area contributed by atoms with E-state index in [1.807, 2.05) is 0 Å². The Balaban J connectivity index is 1.93. The van der Waals surface area contributed by atoms with Crippen LogP contribution in [-0.4, -0.2) is 23.7 Å². The predicted molar refractivity (Wildman–Crippen MR) is 63.5 cm³/mol. The first-order valence-electron chi connectivity index (χ1n) is 5.97. The minimum Gasteiger partial charge on any atom is -0.454 e. The van der Waals surface area contributed by atoms with Crippen LogP contribution in [0.1, 0.15) is 24.4 Å². The number of carbonyl (C=O) groups is 1. The number of fused-ring (bicyclic) bond motifs is 1. The lowest BCUT2D eigenvalue weighted by Gasteiger charge is -2.26. The van der Waals surface area contributed by atoms with Crippen LogP contribution in [0.2, 0.25) is 0 Å². The summed E-state index contributed by atoms with van der Waals surface area (Å²) >= 11 is 0. The van der Waals surface area contributed by atoms with Gasteiger partial charge in [-0.1, -0.05) is 6.07 Å². The third-order valence-electron chi connectivity index (χ3n) is 3.39. The summed E-state index contributed by atoms with van der Waals surface area (Å²) in [6.45, 7) is 0.147. The summed E-state index contributed by atoms with van der Waals surface area (Å²) in [5, 5.41) is 13.8. The molecule has 0 aromatic heterocycles. The number of nitrogens with one attached hydrogen (secondary N) is 1. The van der Waals surface area contributed by atoms with Crippen molar-refractivity contribution < 1.29 is 19.2 Å². The van der Waals surface area contributed by atoms with E-state index in [4.69, 9.17) is 9.47 Å². The zero-order chi connectivity index (χ0) is 13.4. The van der Waals surface area contributed by atoms with E-state index >= 15 is 0 Å². The molecule has 1 aromatic rings. The van der Waals surface area contributed by atoms with Crippen molar-refractivity contribution in [3.8, 4) is 11.5 Å². The molecule has 0 bridgehead atoms. The van der Waals surface area contributed by atoms with Crippen molar-refractivity contribution >= 4 is 5.91 Å². The maximum atomic E-state index is 11.5. The Morgan fingerprint density at radius 3 is 2.89 bits per heavy atom. The smallest absolute Gasteiger partial charge is 0.237 e. The Morgan fingerprint density at radius 2 is 2.11 bits per heavy atom. The average molecular weight is 264 g/mol. The molecule has 0 radical (unpaired) electrons. The largest absolute Gasteiger partial charge is 0.454 e. The van der Waals surface area contributed by atoms with Gasteiger partial charge in [-0.25, -0.2) is 0 Å². The van der Waals surface area contributed by atoms with Gasteiger partial charge < -0.3 is 14.8 Å².